The van der Waals surface area contributed by atoms with E-state index in [1.54, 1.807) is 0 Å². The SMILES string of the molecule is CC(C)[C@H](NC=O)C(=O)OCC1c2ccccc2-c2ccccc21. The molecule has 4 nitrogen and oxygen atoms in total. The van der Waals surface area contributed by atoms with Gasteiger partial charge in [-0.05, 0) is 28.2 Å². The first-order valence-corrected chi connectivity index (χ1v) is 8.18. The van der Waals surface area contributed by atoms with Gasteiger partial charge in [0.05, 0.1) is 0 Å². The molecular weight excluding hydrogens is 302 g/mol. The minimum atomic E-state index is -0.616. The molecule has 0 bridgehead atoms. The molecule has 1 atom stereocenters. The third kappa shape index (κ3) is 2.92. The largest absolute Gasteiger partial charge is 0.463 e. The molecule has 0 saturated carbocycles. The lowest BCUT2D eigenvalue weighted by atomic mass is 9.98. The van der Waals surface area contributed by atoms with Gasteiger partial charge < -0.3 is 10.1 Å². The summed E-state index contributed by atoms with van der Waals surface area (Å²) in [5.74, 6) is -0.379. The Morgan fingerprint density at radius 1 is 1.08 bits per heavy atom. The van der Waals surface area contributed by atoms with Crippen molar-refractivity contribution in [3.05, 3.63) is 59.7 Å². The van der Waals surface area contributed by atoms with Gasteiger partial charge in [-0.3, -0.25) is 4.79 Å². The Labute approximate surface area is 141 Å². The third-order valence-electron chi connectivity index (χ3n) is 4.52. The Morgan fingerprint density at radius 2 is 1.62 bits per heavy atom. The molecule has 4 heteroatoms. The lowest BCUT2D eigenvalue weighted by Gasteiger charge is -2.20. The van der Waals surface area contributed by atoms with Crippen LogP contribution in [0.25, 0.3) is 11.1 Å². The quantitative estimate of drug-likeness (QED) is 0.656. The molecule has 1 N–H and O–H groups in total. The molecule has 24 heavy (non-hydrogen) atoms. The predicted octanol–water partition coefficient (Wildman–Crippen LogP) is 3.11. The van der Waals surface area contributed by atoms with Crippen molar-refractivity contribution in [2.75, 3.05) is 6.61 Å². The molecule has 3 rings (SSSR count). The molecular formula is C20H21NO3. The molecule has 2 aromatic rings. The topological polar surface area (TPSA) is 55.4 Å². The summed E-state index contributed by atoms with van der Waals surface area (Å²) in [6.07, 6.45) is 0.548. The number of hydrogen-bond acceptors (Lipinski definition) is 3. The number of fused-ring (bicyclic) bond motifs is 3. The highest BCUT2D eigenvalue weighted by molar-refractivity contribution is 5.80. The smallest absolute Gasteiger partial charge is 0.328 e. The first kappa shape index (κ1) is 16.2. The predicted molar refractivity (Wildman–Crippen MR) is 92.5 cm³/mol. The molecule has 0 saturated heterocycles. The van der Waals surface area contributed by atoms with E-state index in [4.69, 9.17) is 4.74 Å². The van der Waals surface area contributed by atoms with Crippen LogP contribution in [0.5, 0.6) is 0 Å². The van der Waals surface area contributed by atoms with Gasteiger partial charge in [0.1, 0.15) is 12.6 Å². The van der Waals surface area contributed by atoms with Crippen LogP contribution in [0.3, 0.4) is 0 Å². The molecule has 0 aromatic heterocycles. The first-order chi connectivity index (χ1) is 11.6. The van der Waals surface area contributed by atoms with Crippen LogP contribution in [0.1, 0.15) is 30.9 Å². The van der Waals surface area contributed by atoms with Crippen molar-refractivity contribution in [1.29, 1.82) is 0 Å². The van der Waals surface area contributed by atoms with Gasteiger partial charge in [-0.1, -0.05) is 62.4 Å². The van der Waals surface area contributed by atoms with Crippen molar-refractivity contribution >= 4 is 12.4 Å². The van der Waals surface area contributed by atoms with Gasteiger partial charge in [0.15, 0.2) is 0 Å². The Kier molecular flexibility index (Phi) is 4.65. The van der Waals surface area contributed by atoms with Crippen LogP contribution in [-0.4, -0.2) is 25.0 Å². The molecule has 1 amide bonds. The minimum absolute atomic E-state index is 0.0224. The van der Waals surface area contributed by atoms with Gasteiger partial charge in [-0.25, -0.2) is 4.79 Å². The molecule has 0 radical (unpaired) electrons. The second kappa shape index (κ2) is 6.87. The third-order valence-corrected chi connectivity index (χ3v) is 4.52. The average Bonchev–Trinajstić information content (AvgIpc) is 2.91. The molecule has 1 aliphatic rings. The molecule has 124 valence electrons. The van der Waals surface area contributed by atoms with E-state index < -0.39 is 6.04 Å². The Morgan fingerprint density at radius 3 is 2.12 bits per heavy atom. The van der Waals surface area contributed by atoms with E-state index in [-0.39, 0.29) is 24.4 Å². The van der Waals surface area contributed by atoms with E-state index in [0.717, 1.165) is 0 Å². The fourth-order valence-corrected chi connectivity index (χ4v) is 3.30. The zero-order valence-corrected chi connectivity index (χ0v) is 13.9. The van der Waals surface area contributed by atoms with Crippen LogP contribution in [0.4, 0.5) is 0 Å². The van der Waals surface area contributed by atoms with Crippen molar-refractivity contribution in [2.45, 2.75) is 25.8 Å². The lowest BCUT2D eigenvalue weighted by Crippen LogP contribution is -2.41. The highest BCUT2D eigenvalue weighted by Crippen LogP contribution is 2.44. The maximum atomic E-state index is 12.3. The maximum Gasteiger partial charge on any atom is 0.328 e. The fourth-order valence-electron chi connectivity index (χ4n) is 3.30. The monoisotopic (exact) mass is 323 g/mol. The van der Waals surface area contributed by atoms with Crippen LogP contribution in [0.15, 0.2) is 48.5 Å². The molecule has 0 unspecified atom stereocenters. The number of carbonyl (C=O) groups excluding carboxylic acids is 2. The first-order valence-electron chi connectivity index (χ1n) is 8.18. The molecule has 2 aromatic carbocycles. The molecule has 0 fully saturated rings. The van der Waals surface area contributed by atoms with Crippen LogP contribution < -0.4 is 5.32 Å². The van der Waals surface area contributed by atoms with Gasteiger partial charge in [0.25, 0.3) is 0 Å². The summed E-state index contributed by atoms with van der Waals surface area (Å²) in [5, 5.41) is 2.54. The van der Waals surface area contributed by atoms with E-state index in [2.05, 4.69) is 29.6 Å². The van der Waals surface area contributed by atoms with E-state index >= 15 is 0 Å². The zero-order chi connectivity index (χ0) is 17.1. The van der Waals surface area contributed by atoms with E-state index in [9.17, 15) is 9.59 Å². The van der Waals surface area contributed by atoms with Gasteiger partial charge >= 0.3 is 5.97 Å². The summed E-state index contributed by atoms with van der Waals surface area (Å²) in [6, 6.07) is 15.8. The van der Waals surface area contributed by atoms with E-state index in [0.29, 0.717) is 6.41 Å². The van der Waals surface area contributed by atoms with Crippen LogP contribution >= 0.6 is 0 Å². The average molecular weight is 323 g/mol. The van der Waals surface area contributed by atoms with Gasteiger partial charge in [-0.15, -0.1) is 0 Å². The number of ether oxygens (including phenoxy) is 1. The highest BCUT2D eigenvalue weighted by Gasteiger charge is 2.30. The van der Waals surface area contributed by atoms with Gasteiger partial charge in [0.2, 0.25) is 6.41 Å². The summed E-state index contributed by atoms with van der Waals surface area (Å²) < 4.78 is 5.56. The number of amides is 1. The summed E-state index contributed by atoms with van der Waals surface area (Å²) in [5.41, 5.74) is 4.74. The fraction of sp³-hybridized carbons (Fsp3) is 0.300. The van der Waals surface area contributed by atoms with Crippen molar-refractivity contribution < 1.29 is 14.3 Å². The molecule has 0 spiro atoms. The number of rotatable bonds is 6. The summed E-state index contributed by atoms with van der Waals surface area (Å²) in [7, 11) is 0. The Balaban J connectivity index is 1.81. The summed E-state index contributed by atoms with van der Waals surface area (Å²) in [6.45, 7) is 4.03. The van der Waals surface area contributed by atoms with Crippen LogP contribution in [0.2, 0.25) is 0 Å². The Hall–Kier alpha value is -2.62. The molecule has 1 aliphatic carbocycles. The second-order valence-electron chi connectivity index (χ2n) is 6.36. The van der Waals surface area contributed by atoms with E-state index in [1.807, 2.05) is 38.1 Å². The van der Waals surface area contributed by atoms with Crippen molar-refractivity contribution in [2.24, 2.45) is 5.92 Å². The van der Waals surface area contributed by atoms with Crippen LogP contribution in [-0.2, 0) is 14.3 Å². The van der Waals surface area contributed by atoms with E-state index in [1.165, 1.54) is 22.3 Å². The van der Waals surface area contributed by atoms with Crippen molar-refractivity contribution in [1.82, 2.24) is 5.32 Å². The zero-order valence-electron chi connectivity index (χ0n) is 13.9. The summed E-state index contributed by atoms with van der Waals surface area (Å²) >= 11 is 0. The number of esters is 1. The lowest BCUT2D eigenvalue weighted by molar-refractivity contribution is -0.148. The number of carbonyl (C=O) groups is 2. The normalized spacial score (nSPS) is 14.0. The number of hydrogen-bond donors (Lipinski definition) is 1. The highest BCUT2D eigenvalue weighted by atomic mass is 16.5. The van der Waals surface area contributed by atoms with Gasteiger partial charge in [-0.2, -0.15) is 0 Å². The minimum Gasteiger partial charge on any atom is -0.463 e. The van der Waals surface area contributed by atoms with Crippen molar-refractivity contribution in [3.63, 3.8) is 0 Å². The maximum absolute atomic E-state index is 12.3. The molecule has 0 heterocycles. The number of nitrogens with one attached hydrogen (secondary N) is 1. The second-order valence-corrected chi connectivity index (χ2v) is 6.36. The molecule has 0 aliphatic heterocycles. The summed E-state index contributed by atoms with van der Waals surface area (Å²) in [4.78, 5) is 23.0. The number of benzene rings is 2. The van der Waals surface area contributed by atoms with Gasteiger partial charge in [0, 0.05) is 5.92 Å². The standard InChI is InChI=1S/C20H21NO3/c1-13(2)19(21-12-22)20(23)24-11-18-16-9-5-3-7-14(16)15-8-4-6-10-17(15)18/h3-10,12-13,18-19H,11H2,1-2H3,(H,21,22)/t19-/m0/s1. The van der Waals surface area contributed by atoms with Crippen LogP contribution in [0, 0.1) is 5.92 Å². The Bertz CT molecular complexity index is 709. The van der Waals surface area contributed by atoms with Crippen molar-refractivity contribution in [3.8, 4) is 11.1 Å².